The van der Waals surface area contributed by atoms with Gasteiger partial charge in [-0.3, -0.25) is 9.67 Å². The lowest BCUT2D eigenvalue weighted by Crippen LogP contribution is -2.45. The van der Waals surface area contributed by atoms with Gasteiger partial charge in [0.1, 0.15) is 0 Å². The van der Waals surface area contributed by atoms with Crippen molar-refractivity contribution >= 4 is 40.0 Å². The molecule has 1 fully saturated rings. The van der Waals surface area contributed by atoms with Crippen LogP contribution in [-0.2, 0) is 23.5 Å². The van der Waals surface area contributed by atoms with Gasteiger partial charge in [0.2, 0.25) is 0 Å². The number of aliphatic imine (C=N–C) groups is 1. The fourth-order valence-electron chi connectivity index (χ4n) is 2.97. The van der Waals surface area contributed by atoms with Crippen molar-refractivity contribution in [2.75, 3.05) is 32.7 Å². The molecule has 168 valence electrons. The van der Waals surface area contributed by atoms with E-state index >= 15 is 0 Å². The van der Waals surface area contributed by atoms with Gasteiger partial charge in [0, 0.05) is 46.0 Å². The molecule has 13 heteroatoms. The van der Waals surface area contributed by atoms with Crippen molar-refractivity contribution in [3.63, 3.8) is 0 Å². The lowest BCUT2D eigenvalue weighted by Gasteiger charge is -2.30. The predicted octanol–water partition coefficient (Wildman–Crippen LogP) is 1.70. The van der Waals surface area contributed by atoms with Gasteiger partial charge in [-0.05, 0) is 37.7 Å². The minimum Gasteiger partial charge on any atom is -0.357 e. The molecule has 0 aromatic carbocycles. The van der Waals surface area contributed by atoms with Gasteiger partial charge in [-0.25, -0.2) is 8.42 Å². The first-order chi connectivity index (χ1) is 13.1. The van der Waals surface area contributed by atoms with Crippen molar-refractivity contribution in [2.45, 2.75) is 31.7 Å². The summed E-state index contributed by atoms with van der Waals surface area (Å²) in [6.45, 7) is 3.46. The average molecular weight is 552 g/mol. The van der Waals surface area contributed by atoms with E-state index in [2.05, 4.69) is 20.7 Å². The smallest absolute Gasteiger partial charge is 0.357 e. The number of guanidine groups is 1. The van der Waals surface area contributed by atoms with Crippen molar-refractivity contribution in [1.29, 1.82) is 0 Å². The van der Waals surface area contributed by atoms with Crippen LogP contribution in [0, 0.1) is 5.92 Å². The molecule has 0 spiro atoms. The fourth-order valence-corrected chi connectivity index (χ4v) is 3.95. The van der Waals surface area contributed by atoms with Crippen molar-refractivity contribution in [3.8, 4) is 0 Å². The van der Waals surface area contributed by atoms with E-state index in [9.17, 15) is 21.6 Å². The number of alkyl halides is 3. The molecule has 1 aliphatic rings. The van der Waals surface area contributed by atoms with Gasteiger partial charge in [-0.2, -0.15) is 22.6 Å². The number of hydrogen-bond donors (Lipinski definition) is 2. The second kappa shape index (κ2) is 11.3. The Kier molecular flexibility index (Phi) is 10.1. The third-order valence-corrected chi connectivity index (χ3v) is 6.15. The third kappa shape index (κ3) is 7.59. The van der Waals surface area contributed by atoms with E-state index in [4.69, 9.17) is 0 Å². The molecule has 29 heavy (non-hydrogen) atoms. The molecule has 8 nitrogen and oxygen atoms in total. The van der Waals surface area contributed by atoms with Gasteiger partial charge in [0.25, 0.3) is 0 Å². The van der Waals surface area contributed by atoms with E-state index in [1.807, 2.05) is 20.2 Å². The molecule has 1 saturated heterocycles. The Hall–Kier alpha value is -1.09. The highest BCUT2D eigenvalue weighted by molar-refractivity contribution is 14.0. The second-order valence-corrected chi connectivity index (χ2v) is 8.64. The highest BCUT2D eigenvalue weighted by atomic mass is 127. The van der Waals surface area contributed by atoms with Crippen LogP contribution in [-0.4, -0.2) is 66.7 Å². The Labute approximate surface area is 186 Å². The summed E-state index contributed by atoms with van der Waals surface area (Å²) in [5, 5.41) is 10.5. The fraction of sp³-hybridized carbons (Fsp3) is 0.750. The number of hydrogen-bond acceptors (Lipinski definition) is 4. The quantitative estimate of drug-likeness (QED) is 0.306. The maximum absolute atomic E-state index is 12.6. The Morgan fingerprint density at radius 1 is 1.31 bits per heavy atom. The van der Waals surface area contributed by atoms with Crippen LogP contribution in [0.25, 0.3) is 0 Å². The van der Waals surface area contributed by atoms with Gasteiger partial charge in [0.15, 0.2) is 5.96 Å². The summed E-state index contributed by atoms with van der Waals surface area (Å²) < 4.78 is 63.0. The molecule has 0 bridgehead atoms. The van der Waals surface area contributed by atoms with Crippen molar-refractivity contribution in [2.24, 2.45) is 18.0 Å². The molecule has 0 aliphatic carbocycles. The lowest BCUT2D eigenvalue weighted by atomic mass is 9.98. The van der Waals surface area contributed by atoms with Crippen LogP contribution >= 0.6 is 24.0 Å². The van der Waals surface area contributed by atoms with Gasteiger partial charge in [0.05, 0.1) is 6.20 Å². The molecule has 2 rings (SSSR count). The van der Waals surface area contributed by atoms with Crippen LogP contribution in [0.1, 0.15) is 25.3 Å². The maximum atomic E-state index is 12.6. The molecule has 1 aromatic heterocycles. The van der Waals surface area contributed by atoms with E-state index in [0.717, 1.165) is 12.0 Å². The number of sulfonamides is 1. The molecule has 1 aliphatic heterocycles. The zero-order valence-electron chi connectivity index (χ0n) is 16.4. The molecule has 0 amide bonds. The molecule has 1 aromatic rings. The van der Waals surface area contributed by atoms with Crippen LogP contribution < -0.4 is 10.6 Å². The van der Waals surface area contributed by atoms with Crippen LogP contribution in [0.2, 0.25) is 0 Å². The second-order valence-electron chi connectivity index (χ2n) is 6.71. The highest BCUT2D eigenvalue weighted by Crippen LogP contribution is 2.30. The summed E-state index contributed by atoms with van der Waals surface area (Å²) in [6.07, 6.45) is 5.23. The Morgan fingerprint density at radius 2 is 1.97 bits per heavy atom. The zero-order chi connectivity index (χ0) is 20.8. The van der Waals surface area contributed by atoms with Gasteiger partial charge >= 0.3 is 15.5 Å². The van der Waals surface area contributed by atoms with E-state index in [1.54, 1.807) is 10.9 Å². The van der Waals surface area contributed by atoms with Crippen LogP contribution in [0.15, 0.2) is 17.4 Å². The molecule has 0 atom stereocenters. The minimum atomic E-state index is -5.24. The summed E-state index contributed by atoms with van der Waals surface area (Å²) in [7, 11) is -3.38. The van der Waals surface area contributed by atoms with E-state index in [-0.39, 0.29) is 43.0 Å². The predicted molar refractivity (Wildman–Crippen MR) is 116 cm³/mol. The summed E-state index contributed by atoms with van der Waals surface area (Å²) in [6, 6.07) is 0. The molecule has 0 unspecified atom stereocenters. The zero-order valence-corrected chi connectivity index (χ0v) is 19.6. The van der Waals surface area contributed by atoms with E-state index in [1.165, 1.54) is 0 Å². The normalized spacial score (nSPS) is 17.1. The third-order valence-electron chi connectivity index (χ3n) is 4.52. The number of rotatable bonds is 7. The number of piperidine rings is 1. The van der Waals surface area contributed by atoms with Crippen molar-refractivity contribution < 1.29 is 21.6 Å². The van der Waals surface area contributed by atoms with Crippen LogP contribution in [0.4, 0.5) is 13.2 Å². The largest absolute Gasteiger partial charge is 0.511 e. The first kappa shape index (κ1) is 25.9. The molecule has 2 heterocycles. The Bertz CT molecular complexity index is 761. The summed E-state index contributed by atoms with van der Waals surface area (Å²) in [5.41, 5.74) is -4.14. The number of nitrogens with zero attached hydrogens (tertiary/aromatic N) is 4. The number of halogens is 4. The Balaban J connectivity index is 0.00000420. The van der Waals surface area contributed by atoms with Crippen LogP contribution in [0.3, 0.4) is 0 Å². The van der Waals surface area contributed by atoms with Crippen LogP contribution in [0.5, 0.6) is 0 Å². The first-order valence-electron chi connectivity index (χ1n) is 9.19. The van der Waals surface area contributed by atoms with Gasteiger partial charge in [-0.15, -0.1) is 24.0 Å². The standard InChI is InChI=1S/C16H27F3N6O2S.HI/c1-3-20-15(21-7-4-14-11-23-24(2)12-14)22-10-13-5-8-25(9-6-13)28(26,27)16(17,18)19;/h11-13H,3-10H2,1-2H3,(H2,20,21,22);1H. The highest BCUT2D eigenvalue weighted by Gasteiger charge is 2.50. The molecular formula is C16H28F3IN6O2S. The Morgan fingerprint density at radius 3 is 2.48 bits per heavy atom. The summed E-state index contributed by atoms with van der Waals surface area (Å²) in [5.74, 6) is 0.685. The number of aryl methyl sites for hydroxylation is 1. The summed E-state index contributed by atoms with van der Waals surface area (Å²) in [4.78, 5) is 4.49. The SMILES string of the molecule is CCNC(=NCC1CCN(S(=O)(=O)C(F)(F)F)CC1)NCCc1cnn(C)c1.I. The van der Waals surface area contributed by atoms with Crippen molar-refractivity contribution in [1.82, 2.24) is 24.7 Å². The number of aromatic nitrogens is 2. The topological polar surface area (TPSA) is 91.6 Å². The first-order valence-corrected chi connectivity index (χ1v) is 10.6. The van der Waals surface area contributed by atoms with E-state index < -0.39 is 15.5 Å². The minimum absolute atomic E-state index is 0. The monoisotopic (exact) mass is 552 g/mol. The summed E-state index contributed by atoms with van der Waals surface area (Å²) >= 11 is 0. The molecular weight excluding hydrogens is 524 g/mol. The molecule has 2 N–H and O–H groups in total. The average Bonchev–Trinajstić information content (AvgIpc) is 3.04. The molecule has 0 saturated carbocycles. The van der Waals surface area contributed by atoms with Gasteiger partial charge < -0.3 is 10.6 Å². The van der Waals surface area contributed by atoms with Gasteiger partial charge in [-0.1, -0.05) is 0 Å². The number of nitrogens with one attached hydrogen (secondary N) is 2. The lowest BCUT2D eigenvalue weighted by molar-refractivity contribution is -0.0496. The van der Waals surface area contributed by atoms with E-state index in [0.29, 0.717) is 42.7 Å². The molecule has 0 radical (unpaired) electrons. The van der Waals surface area contributed by atoms with Crippen molar-refractivity contribution in [3.05, 3.63) is 18.0 Å². The maximum Gasteiger partial charge on any atom is 0.511 e.